The molecule has 30 heavy (non-hydrogen) atoms. The number of rotatable bonds is 3. The predicted octanol–water partition coefficient (Wildman–Crippen LogP) is 6.77. The minimum absolute atomic E-state index is 0.00540. The van der Waals surface area contributed by atoms with Crippen LogP contribution in [-0.2, 0) is 0 Å². The topological polar surface area (TPSA) is 9.72 Å². The lowest BCUT2D eigenvalue weighted by Gasteiger charge is -2.45. The third-order valence-electron chi connectivity index (χ3n) is 4.83. The number of benzene rings is 3. The van der Waals surface area contributed by atoms with Crippen molar-refractivity contribution in [1.29, 1.82) is 0 Å². The van der Waals surface area contributed by atoms with Crippen LogP contribution < -0.4 is 14.7 Å². The van der Waals surface area contributed by atoms with E-state index in [1.165, 1.54) is 36.4 Å². The van der Waals surface area contributed by atoms with Gasteiger partial charge in [-0.15, -0.1) is 0 Å². The molecule has 0 spiro atoms. The molecule has 0 aromatic heterocycles. The highest BCUT2D eigenvalue weighted by atomic mass is 35.5. The monoisotopic (exact) mass is 471 g/mol. The third-order valence-corrected chi connectivity index (χ3v) is 5.70. The van der Waals surface area contributed by atoms with Crippen LogP contribution >= 0.6 is 34.8 Å². The fraction of sp³-hybridized carbons (Fsp3) is 0.143. The number of anilines is 3. The zero-order valence-electron chi connectivity index (χ0n) is 15.4. The van der Waals surface area contributed by atoms with E-state index >= 15 is 0 Å². The van der Waals surface area contributed by atoms with Crippen LogP contribution in [-0.4, -0.2) is 20.0 Å². The van der Waals surface area contributed by atoms with E-state index in [4.69, 9.17) is 34.8 Å². The van der Waals surface area contributed by atoms with Crippen molar-refractivity contribution < 1.29 is 13.2 Å². The van der Waals surface area contributed by atoms with Crippen molar-refractivity contribution in [3.8, 4) is 0 Å². The summed E-state index contributed by atoms with van der Waals surface area (Å²) in [6, 6.07) is 13.4. The van der Waals surface area contributed by atoms with Gasteiger partial charge in [-0.05, 0) is 54.6 Å². The van der Waals surface area contributed by atoms with Crippen molar-refractivity contribution in [3.05, 3.63) is 87.1 Å². The largest absolute Gasteiger partial charge is 0.336 e. The molecular weight excluding hydrogens is 458 g/mol. The van der Waals surface area contributed by atoms with Gasteiger partial charge in [-0.1, -0.05) is 34.8 Å². The maximum atomic E-state index is 13.6. The van der Waals surface area contributed by atoms with Crippen molar-refractivity contribution in [2.45, 2.75) is 0 Å². The van der Waals surface area contributed by atoms with Gasteiger partial charge in [0.2, 0.25) is 0 Å². The highest BCUT2D eigenvalue weighted by Crippen LogP contribution is 2.31. The Bertz CT molecular complexity index is 954. The lowest BCUT2D eigenvalue weighted by Crippen LogP contribution is -2.55. The summed E-state index contributed by atoms with van der Waals surface area (Å²) >= 11 is 17.9. The zero-order valence-corrected chi connectivity index (χ0v) is 17.7. The predicted molar refractivity (Wildman–Crippen MR) is 116 cm³/mol. The molecule has 1 aliphatic rings. The van der Waals surface area contributed by atoms with Crippen LogP contribution in [0.1, 0.15) is 0 Å². The lowest BCUT2D eigenvalue weighted by atomic mass is 10.2. The Hall–Kier alpha value is -2.28. The SMILES string of the molecule is Fc1ccc(N2CN(c3ccc(F)c(Cl)c3)CN(c3ccc(F)c(Cl)c3)C2)cc1Cl. The molecule has 4 rings (SSSR count). The van der Waals surface area contributed by atoms with Gasteiger partial charge in [0, 0.05) is 17.1 Å². The van der Waals surface area contributed by atoms with Crippen molar-refractivity contribution in [1.82, 2.24) is 0 Å². The van der Waals surface area contributed by atoms with Gasteiger partial charge in [0.05, 0.1) is 35.1 Å². The second-order valence-corrected chi connectivity index (χ2v) is 8.06. The van der Waals surface area contributed by atoms with Crippen LogP contribution in [0, 0.1) is 17.5 Å². The molecule has 0 atom stereocenters. The molecule has 3 nitrogen and oxygen atoms in total. The van der Waals surface area contributed by atoms with Crippen LogP contribution in [0.4, 0.5) is 30.2 Å². The second kappa shape index (κ2) is 8.46. The van der Waals surface area contributed by atoms with Gasteiger partial charge in [0.25, 0.3) is 0 Å². The fourth-order valence-electron chi connectivity index (χ4n) is 3.29. The Labute approximate surface area is 186 Å². The molecule has 0 bridgehead atoms. The molecule has 3 aromatic rings. The maximum absolute atomic E-state index is 13.6. The normalized spacial score (nSPS) is 14.4. The Morgan fingerprint density at radius 2 is 0.767 bits per heavy atom. The Kier molecular flexibility index (Phi) is 5.91. The average molecular weight is 473 g/mol. The van der Waals surface area contributed by atoms with Crippen molar-refractivity contribution >= 4 is 51.9 Å². The summed E-state index contributed by atoms with van der Waals surface area (Å²) in [5, 5.41) is 0.0162. The first-order chi connectivity index (χ1) is 14.3. The summed E-state index contributed by atoms with van der Waals surface area (Å²) in [4.78, 5) is 5.84. The van der Waals surface area contributed by atoms with Crippen molar-refractivity contribution in [2.75, 3.05) is 34.7 Å². The molecule has 0 aliphatic carbocycles. The molecule has 0 radical (unpaired) electrons. The van der Waals surface area contributed by atoms with Crippen LogP contribution in [0.3, 0.4) is 0 Å². The van der Waals surface area contributed by atoms with Gasteiger partial charge in [-0.3, -0.25) is 0 Å². The zero-order chi connectivity index (χ0) is 21.4. The van der Waals surface area contributed by atoms with E-state index in [2.05, 4.69) is 0 Å². The molecule has 3 aromatic carbocycles. The Balaban J connectivity index is 1.72. The summed E-state index contributed by atoms with van der Waals surface area (Å²) < 4.78 is 40.9. The first kappa shape index (κ1) is 21.0. The molecule has 1 saturated heterocycles. The standard InChI is InChI=1S/C21H15Cl3F3N3/c22-16-7-13(1-4-19(16)25)28-10-29(14-2-5-20(26)17(23)8-14)12-30(11-28)15-3-6-21(27)18(24)9-15/h1-9H,10-12H2. The number of halogens is 6. The van der Waals surface area contributed by atoms with Crippen LogP contribution in [0.15, 0.2) is 54.6 Å². The van der Waals surface area contributed by atoms with Gasteiger partial charge >= 0.3 is 0 Å². The maximum Gasteiger partial charge on any atom is 0.141 e. The summed E-state index contributed by atoms with van der Waals surface area (Å²) in [7, 11) is 0. The van der Waals surface area contributed by atoms with Gasteiger partial charge in [0.15, 0.2) is 0 Å². The number of hydrogen-bond acceptors (Lipinski definition) is 3. The van der Waals surface area contributed by atoms with Crippen LogP contribution in [0.2, 0.25) is 15.1 Å². The van der Waals surface area contributed by atoms with Crippen molar-refractivity contribution in [3.63, 3.8) is 0 Å². The minimum atomic E-state index is -0.512. The first-order valence-electron chi connectivity index (χ1n) is 8.92. The average Bonchev–Trinajstić information content (AvgIpc) is 2.73. The second-order valence-electron chi connectivity index (χ2n) is 6.84. The van der Waals surface area contributed by atoms with E-state index in [1.54, 1.807) is 18.2 Å². The van der Waals surface area contributed by atoms with E-state index in [0.717, 1.165) is 0 Å². The molecular formula is C21H15Cl3F3N3. The summed E-state index contributed by atoms with van der Waals surface area (Å²) in [5.74, 6) is -1.54. The Morgan fingerprint density at radius 3 is 1.00 bits per heavy atom. The van der Waals surface area contributed by atoms with Gasteiger partial charge in [-0.25, -0.2) is 13.2 Å². The molecule has 0 N–H and O–H groups in total. The first-order valence-corrected chi connectivity index (χ1v) is 10.1. The van der Waals surface area contributed by atoms with E-state index in [9.17, 15) is 13.2 Å². The summed E-state index contributed by atoms with van der Waals surface area (Å²) in [5.41, 5.74) is 2.08. The highest BCUT2D eigenvalue weighted by Gasteiger charge is 2.26. The van der Waals surface area contributed by atoms with Crippen LogP contribution in [0.5, 0.6) is 0 Å². The van der Waals surface area contributed by atoms with E-state index in [0.29, 0.717) is 37.1 Å². The molecule has 1 heterocycles. The molecule has 0 unspecified atom stereocenters. The summed E-state index contributed by atoms with van der Waals surface area (Å²) in [6.07, 6.45) is 0. The quantitative estimate of drug-likeness (QED) is 0.416. The number of hydrogen-bond donors (Lipinski definition) is 0. The minimum Gasteiger partial charge on any atom is -0.336 e. The van der Waals surface area contributed by atoms with E-state index in [-0.39, 0.29) is 15.1 Å². The number of nitrogens with zero attached hydrogens (tertiary/aromatic N) is 3. The van der Waals surface area contributed by atoms with E-state index < -0.39 is 17.5 Å². The lowest BCUT2D eigenvalue weighted by molar-refractivity contribution is 0.602. The highest BCUT2D eigenvalue weighted by molar-refractivity contribution is 6.31. The molecule has 0 amide bonds. The summed E-state index contributed by atoms with van der Waals surface area (Å²) in [6.45, 7) is 1.24. The molecule has 0 saturated carbocycles. The van der Waals surface area contributed by atoms with Crippen molar-refractivity contribution in [2.24, 2.45) is 0 Å². The fourth-order valence-corrected chi connectivity index (χ4v) is 3.81. The smallest absolute Gasteiger partial charge is 0.141 e. The van der Waals surface area contributed by atoms with Crippen LogP contribution in [0.25, 0.3) is 0 Å². The molecule has 156 valence electrons. The molecule has 1 aliphatic heterocycles. The van der Waals surface area contributed by atoms with Gasteiger partial charge in [0.1, 0.15) is 17.5 Å². The molecule has 1 fully saturated rings. The third kappa shape index (κ3) is 4.26. The molecule has 9 heteroatoms. The van der Waals surface area contributed by atoms with E-state index in [1.807, 2.05) is 14.7 Å². The van der Waals surface area contributed by atoms with Gasteiger partial charge < -0.3 is 14.7 Å². The van der Waals surface area contributed by atoms with Gasteiger partial charge in [-0.2, -0.15) is 0 Å². The Morgan fingerprint density at radius 1 is 0.500 bits per heavy atom.